The largest absolute Gasteiger partial charge is 0.465 e. The lowest BCUT2D eigenvalue weighted by molar-refractivity contribution is 0.0599. The molecule has 0 N–H and O–H groups in total. The molecule has 2 nitrogen and oxygen atoms in total. The third-order valence-corrected chi connectivity index (χ3v) is 3.25. The first-order valence-corrected chi connectivity index (χ1v) is 6.71. The molecule has 0 fully saturated rings. The van der Waals surface area contributed by atoms with Gasteiger partial charge in [-0.2, -0.15) is 0 Å². The summed E-state index contributed by atoms with van der Waals surface area (Å²) in [7, 11) is 1.40. The Balaban J connectivity index is 3.09. The van der Waals surface area contributed by atoms with Gasteiger partial charge in [-0.15, -0.1) is 11.6 Å². The minimum Gasteiger partial charge on any atom is -0.465 e. The fourth-order valence-electron chi connectivity index (χ4n) is 1.60. The summed E-state index contributed by atoms with van der Waals surface area (Å²) in [6.07, 6.45) is 1.66. The van der Waals surface area contributed by atoms with Crippen molar-refractivity contribution in [2.24, 2.45) is 0 Å². The summed E-state index contributed by atoms with van der Waals surface area (Å²) in [6, 6.07) is 5.67. The molecule has 0 aromatic heterocycles. The van der Waals surface area contributed by atoms with Gasteiger partial charge in [0, 0.05) is 11.2 Å². The molecule has 0 saturated heterocycles. The fourth-order valence-corrected chi connectivity index (χ4v) is 2.26. The van der Waals surface area contributed by atoms with Crippen molar-refractivity contribution in [3.8, 4) is 0 Å². The van der Waals surface area contributed by atoms with Gasteiger partial charge in [-0.05, 0) is 30.0 Å². The van der Waals surface area contributed by atoms with Crippen molar-refractivity contribution in [3.63, 3.8) is 0 Å². The molecule has 0 heterocycles. The maximum absolute atomic E-state index is 11.6. The molecule has 0 spiro atoms. The van der Waals surface area contributed by atoms with Gasteiger partial charge in [0.05, 0.1) is 12.7 Å². The number of ether oxygens (including phenoxy) is 1. The van der Waals surface area contributed by atoms with E-state index in [4.69, 9.17) is 16.3 Å². The van der Waals surface area contributed by atoms with Crippen molar-refractivity contribution in [2.45, 2.75) is 18.2 Å². The molecule has 1 aromatic carbocycles. The Hall–Kier alpha value is -0.540. The first-order chi connectivity index (χ1) is 7.74. The van der Waals surface area contributed by atoms with Gasteiger partial charge < -0.3 is 4.74 Å². The van der Waals surface area contributed by atoms with Gasteiger partial charge >= 0.3 is 5.97 Å². The van der Waals surface area contributed by atoms with E-state index in [1.807, 2.05) is 12.1 Å². The lowest BCUT2D eigenvalue weighted by Crippen LogP contribution is -2.08. The number of alkyl halides is 2. The number of halogens is 2. The van der Waals surface area contributed by atoms with E-state index in [2.05, 4.69) is 15.9 Å². The number of rotatable bonds is 5. The number of hydrogen-bond acceptors (Lipinski definition) is 2. The zero-order valence-electron chi connectivity index (χ0n) is 9.13. The first kappa shape index (κ1) is 13.5. The second-order valence-electron chi connectivity index (χ2n) is 3.36. The smallest absolute Gasteiger partial charge is 0.338 e. The molecule has 1 aromatic rings. The fraction of sp³-hybridized carbons (Fsp3) is 0.417. The van der Waals surface area contributed by atoms with Crippen LogP contribution >= 0.6 is 27.5 Å². The van der Waals surface area contributed by atoms with Crippen LogP contribution in [0.1, 0.15) is 27.9 Å². The van der Waals surface area contributed by atoms with Crippen LogP contribution in [0.15, 0.2) is 18.2 Å². The normalized spacial score (nSPS) is 10.2. The quantitative estimate of drug-likeness (QED) is 0.614. The molecule has 1 rings (SSSR count). The van der Waals surface area contributed by atoms with E-state index in [1.165, 1.54) is 7.11 Å². The molecule has 88 valence electrons. The van der Waals surface area contributed by atoms with Crippen molar-refractivity contribution in [1.29, 1.82) is 0 Å². The zero-order chi connectivity index (χ0) is 12.0. The molecule has 0 unspecified atom stereocenters. The molecule has 0 saturated carbocycles. The van der Waals surface area contributed by atoms with E-state index < -0.39 is 0 Å². The van der Waals surface area contributed by atoms with Gasteiger partial charge in [0.1, 0.15) is 0 Å². The second-order valence-corrected chi connectivity index (χ2v) is 4.30. The number of methoxy groups -OCH3 is 1. The van der Waals surface area contributed by atoms with Crippen molar-refractivity contribution in [2.75, 3.05) is 13.0 Å². The Labute approximate surface area is 109 Å². The highest BCUT2D eigenvalue weighted by Crippen LogP contribution is 2.20. The van der Waals surface area contributed by atoms with Gasteiger partial charge in [0.25, 0.3) is 0 Å². The molecule has 0 amide bonds. The Morgan fingerprint density at radius 2 is 2.25 bits per heavy atom. The van der Waals surface area contributed by atoms with Crippen LogP contribution in [0.2, 0.25) is 0 Å². The van der Waals surface area contributed by atoms with E-state index in [0.717, 1.165) is 29.3 Å². The number of hydrogen-bond donors (Lipinski definition) is 0. The predicted octanol–water partition coefficient (Wildman–Crippen LogP) is 3.54. The average molecular weight is 306 g/mol. The maximum atomic E-state index is 11.6. The highest BCUT2D eigenvalue weighted by Gasteiger charge is 2.14. The second kappa shape index (κ2) is 6.92. The molecule has 0 aliphatic heterocycles. The van der Waals surface area contributed by atoms with Crippen LogP contribution in [0.4, 0.5) is 0 Å². The van der Waals surface area contributed by atoms with Crippen LogP contribution in [0.5, 0.6) is 0 Å². The van der Waals surface area contributed by atoms with Gasteiger partial charge in [-0.3, -0.25) is 0 Å². The molecule has 16 heavy (non-hydrogen) atoms. The Morgan fingerprint density at radius 3 is 2.81 bits per heavy atom. The Morgan fingerprint density at radius 1 is 1.50 bits per heavy atom. The standard InChI is InChI=1S/C12H14BrClO2/c1-16-12(15)11-5-2-4-9(8-13)10(11)6-3-7-14/h2,4-5H,3,6-8H2,1H3. The Bertz CT molecular complexity index is 366. The number of benzene rings is 1. The molecule has 4 heteroatoms. The van der Waals surface area contributed by atoms with Gasteiger partial charge in [-0.25, -0.2) is 4.79 Å². The summed E-state index contributed by atoms with van der Waals surface area (Å²) in [5.41, 5.74) is 2.80. The van der Waals surface area contributed by atoms with Gasteiger partial charge in [-0.1, -0.05) is 28.1 Å². The number of carbonyl (C=O) groups excluding carboxylic acids is 1. The Kier molecular flexibility index (Phi) is 5.85. The lowest BCUT2D eigenvalue weighted by Gasteiger charge is -2.11. The average Bonchev–Trinajstić information content (AvgIpc) is 2.34. The van der Waals surface area contributed by atoms with Crippen molar-refractivity contribution in [1.82, 2.24) is 0 Å². The monoisotopic (exact) mass is 304 g/mol. The van der Waals surface area contributed by atoms with Crippen LogP contribution in [0.3, 0.4) is 0 Å². The van der Waals surface area contributed by atoms with Crippen molar-refractivity contribution >= 4 is 33.5 Å². The molecule has 0 bridgehead atoms. The summed E-state index contributed by atoms with van der Waals surface area (Å²) in [5, 5.41) is 0.732. The zero-order valence-corrected chi connectivity index (χ0v) is 11.5. The van der Waals surface area contributed by atoms with E-state index in [0.29, 0.717) is 11.4 Å². The minimum atomic E-state index is -0.285. The summed E-state index contributed by atoms with van der Waals surface area (Å²) < 4.78 is 4.77. The number of carbonyl (C=O) groups is 1. The lowest BCUT2D eigenvalue weighted by atomic mass is 9.98. The number of esters is 1. The molecular weight excluding hydrogens is 291 g/mol. The summed E-state index contributed by atoms with van der Waals surface area (Å²) in [4.78, 5) is 11.6. The minimum absolute atomic E-state index is 0.285. The van der Waals surface area contributed by atoms with Crippen LogP contribution in [0, 0.1) is 0 Å². The van der Waals surface area contributed by atoms with Crippen molar-refractivity contribution < 1.29 is 9.53 Å². The highest BCUT2D eigenvalue weighted by atomic mass is 79.9. The van der Waals surface area contributed by atoms with E-state index in [-0.39, 0.29) is 5.97 Å². The molecule has 0 atom stereocenters. The van der Waals surface area contributed by atoms with Gasteiger partial charge in [0.2, 0.25) is 0 Å². The van der Waals surface area contributed by atoms with Crippen LogP contribution in [-0.2, 0) is 16.5 Å². The summed E-state index contributed by atoms with van der Waals surface area (Å²) in [6.45, 7) is 0. The summed E-state index contributed by atoms with van der Waals surface area (Å²) in [5.74, 6) is 0.310. The maximum Gasteiger partial charge on any atom is 0.338 e. The van der Waals surface area contributed by atoms with E-state index in [1.54, 1.807) is 6.07 Å². The van der Waals surface area contributed by atoms with Crippen LogP contribution in [-0.4, -0.2) is 19.0 Å². The molecule has 0 radical (unpaired) electrons. The molecule has 0 aliphatic carbocycles. The topological polar surface area (TPSA) is 26.3 Å². The predicted molar refractivity (Wildman–Crippen MR) is 69.5 cm³/mol. The molecule has 0 aliphatic rings. The first-order valence-electron chi connectivity index (χ1n) is 5.05. The van der Waals surface area contributed by atoms with Gasteiger partial charge in [0.15, 0.2) is 0 Å². The summed E-state index contributed by atoms with van der Waals surface area (Å²) >= 11 is 9.11. The van der Waals surface area contributed by atoms with Crippen LogP contribution < -0.4 is 0 Å². The van der Waals surface area contributed by atoms with Crippen molar-refractivity contribution in [3.05, 3.63) is 34.9 Å². The third kappa shape index (κ3) is 3.22. The highest BCUT2D eigenvalue weighted by molar-refractivity contribution is 9.08. The SMILES string of the molecule is COC(=O)c1cccc(CBr)c1CCCCl. The van der Waals surface area contributed by atoms with Crippen LogP contribution in [0.25, 0.3) is 0 Å². The van der Waals surface area contributed by atoms with E-state index >= 15 is 0 Å². The van der Waals surface area contributed by atoms with E-state index in [9.17, 15) is 4.79 Å². The molecular formula is C12H14BrClO2. The third-order valence-electron chi connectivity index (χ3n) is 2.38.